The second kappa shape index (κ2) is 4.78. The molecule has 0 aromatic carbocycles. The fraction of sp³-hybridized carbons (Fsp3) is 0.143. The van der Waals surface area contributed by atoms with E-state index >= 15 is 0 Å². The minimum absolute atomic E-state index is 0.740. The van der Waals surface area contributed by atoms with Crippen LogP contribution in [0.15, 0.2) is 43.9 Å². The normalized spacial score (nSPS) is 10.2. The molecule has 0 spiro atoms. The minimum Gasteiger partial charge on any atom is -0.257 e. The maximum Gasteiger partial charge on any atom is 0.244 e. The lowest BCUT2D eigenvalue weighted by Gasteiger charge is -1.98. The number of hydrogen-bond acceptors (Lipinski definition) is 1. The van der Waals surface area contributed by atoms with Gasteiger partial charge in [-0.05, 0) is 24.3 Å². The molecule has 3 nitrogen and oxygen atoms in total. The number of pyridine rings is 1. The Balaban J connectivity index is 2.40. The van der Waals surface area contributed by atoms with Crippen molar-refractivity contribution in [3.8, 4) is 0 Å². The van der Waals surface area contributed by atoms with Crippen LogP contribution in [0.1, 0.15) is 17.1 Å². The third-order valence-electron chi connectivity index (χ3n) is 2.71. The Labute approximate surface area is 101 Å². The quantitative estimate of drug-likeness (QED) is 0.731. The Morgan fingerprint density at radius 2 is 2.18 bits per heavy atom. The highest BCUT2D eigenvalue weighted by atomic mass is 15.1. The predicted molar refractivity (Wildman–Crippen MR) is 69.1 cm³/mol. The Hall–Kier alpha value is -2.16. The zero-order chi connectivity index (χ0) is 12.3. The third-order valence-corrected chi connectivity index (χ3v) is 2.71. The second-order valence-electron chi connectivity index (χ2n) is 3.85. The van der Waals surface area contributed by atoms with Crippen LogP contribution in [0.4, 0.5) is 0 Å². The predicted octanol–water partition coefficient (Wildman–Crippen LogP) is 2.04. The first-order chi connectivity index (χ1) is 8.26. The first kappa shape index (κ1) is 11.3. The van der Waals surface area contributed by atoms with E-state index in [9.17, 15) is 0 Å². The molecule has 0 amide bonds. The number of rotatable bonds is 4. The molecule has 3 heteroatoms. The smallest absolute Gasteiger partial charge is 0.244 e. The first-order valence-corrected chi connectivity index (χ1v) is 5.49. The zero-order valence-corrected chi connectivity index (χ0v) is 10.0. The van der Waals surface area contributed by atoms with Crippen LogP contribution in [-0.4, -0.2) is 9.55 Å². The molecule has 17 heavy (non-hydrogen) atoms. The summed E-state index contributed by atoms with van der Waals surface area (Å²) in [7, 11) is 2.00. The highest BCUT2D eigenvalue weighted by molar-refractivity contribution is 5.55. The summed E-state index contributed by atoms with van der Waals surface area (Å²) in [4.78, 5) is 4.32. The number of aromatic nitrogens is 3. The summed E-state index contributed by atoms with van der Waals surface area (Å²) >= 11 is 0. The summed E-state index contributed by atoms with van der Waals surface area (Å²) in [5.74, 6) is 0. The minimum atomic E-state index is 0.740. The Kier molecular flexibility index (Phi) is 3.19. The summed E-state index contributed by atoms with van der Waals surface area (Å²) in [5.41, 5.74) is 3.16. The average molecular weight is 226 g/mol. The van der Waals surface area contributed by atoms with Gasteiger partial charge in [-0.3, -0.25) is 4.98 Å². The van der Waals surface area contributed by atoms with E-state index in [2.05, 4.69) is 22.7 Å². The fourth-order valence-corrected chi connectivity index (χ4v) is 1.92. The van der Waals surface area contributed by atoms with Gasteiger partial charge in [-0.1, -0.05) is 19.2 Å². The van der Waals surface area contributed by atoms with Gasteiger partial charge < -0.3 is 0 Å². The van der Waals surface area contributed by atoms with Gasteiger partial charge in [-0.2, -0.15) is 0 Å². The van der Waals surface area contributed by atoms with Crippen LogP contribution in [-0.2, 0) is 13.6 Å². The molecule has 0 fully saturated rings. The fourth-order valence-electron chi connectivity index (χ4n) is 1.92. The second-order valence-corrected chi connectivity index (χ2v) is 3.85. The molecule has 0 N–H and O–H groups in total. The van der Waals surface area contributed by atoms with Crippen LogP contribution in [0, 0.1) is 0 Å². The Morgan fingerprint density at radius 3 is 2.76 bits per heavy atom. The summed E-state index contributed by atoms with van der Waals surface area (Å²) < 4.78 is 4.15. The number of hydrogen-bond donors (Lipinski definition) is 0. The van der Waals surface area contributed by atoms with Crippen molar-refractivity contribution in [2.75, 3.05) is 0 Å². The van der Waals surface area contributed by atoms with Crippen LogP contribution in [0.2, 0.25) is 0 Å². The van der Waals surface area contributed by atoms with Crippen LogP contribution in [0.3, 0.4) is 0 Å². The van der Waals surface area contributed by atoms with Crippen molar-refractivity contribution >= 4 is 12.2 Å². The lowest BCUT2D eigenvalue weighted by atomic mass is 10.3. The summed E-state index contributed by atoms with van der Waals surface area (Å²) in [6, 6.07) is 5.93. The summed E-state index contributed by atoms with van der Waals surface area (Å²) in [6.45, 7) is 8.42. The van der Waals surface area contributed by atoms with Gasteiger partial charge in [-0.15, -0.1) is 0 Å². The van der Waals surface area contributed by atoms with Crippen molar-refractivity contribution in [2.45, 2.75) is 6.54 Å². The molecular formula is C14H16N3+. The van der Waals surface area contributed by atoms with Crippen molar-refractivity contribution in [1.29, 1.82) is 0 Å². The van der Waals surface area contributed by atoms with Gasteiger partial charge in [-0.25, -0.2) is 9.13 Å². The van der Waals surface area contributed by atoms with Gasteiger partial charge in [0.1, 0.15) is 6.54 Å². The molecule has 86 valence electrons. The van der Waals surface area contributed by atoms with Crippen molar-refractivity contribution in [3.63, 3.8) is 0 Å². The van der Waals surface area contributed by atoms with Crippen LogP contribution in [0.25, 0.3) is 12.2 Å². The van der Waals surface area contributed by atoms with E-state index in [-0.39, 0.29) is 0 Å². The topological polar surface area (TPSA) is 21.7 Å². The molecule has 2 aromatic heterocycles. The molecule has 2 rings (SSSR count). The van der Waals surface area contributed by atoms with Gasteiger partial charge >= 0.3 is 0 Å². The molecule has 0 radical (unpaired) electrons. The zero-order valence-electron chi connectivity index (χ0n) is 10.0. The molecule has 0 aliphatic carbocycles. The summed E-state index contributed by atoms with van der Waals surface area (Å²) in [6.07, 6.45) is 7.52. The largest absolute Gasteiger partial charge is 0.257 e. The van der Waals surface area contributed by atoms with Gasteiger partial charge in [0.2, 0.25) is 6.33 Å². The van der Waals surface area contributed by atoms with Crippen molar-refractivity contribution in [3.05, 3.63) is 61.0 Å². The monoisotopic (exact) mass is 226 g/mol. The van der Waals surface area contributed by atoms with E-state index < -0.39 is 0 Å². The molecule has 0 saturated heterocycles. The molecular weight excluding hydrogens is 210 g/mol. The van der Waals surface area contributed by atoms with Gasteiger partial charge in [0.15, 0.2) is 11.4 Å². The molecule has 0 saturated carbocycles. The molecule has 2 heterocycles. The van der Waals surface area contributed by atoms with Gasteiger partial charge in [0, 0.05) is 6.20 Å². The number of nitrogens with zero attached hydrogens (tertiary/aromatic N) is 3. The SMILES string of the molecule is C=Cc1c(C=C)[n+](C)cn1Cc1ccccn1. The lowest BCUT2D eigenvalue weighted by molar-refractivity contribution is -0.672. The van der Waals surface area contributed by atoms with E-state index in [0.29, 0.717) is 0 Å². The van der Waals surface area contributed by atoms with Crippen molar-refractivity contribution in [2.24, 2.45) is 7.05 Å². The molecule has 2 aromatic rings. The van der Waals surface area contributed by atoms with E-state index in [1.165, 1.54) is 0 Å². The Morgan fingerprint density at radius 1 is 1.35 bits per heavy atom. The van der Waals surface area contributed by atoms with E-state index in [1.807, 2.05) is 48.3 Å². The highest BCUT2D eigenvalue weighted by Gasteiger charge is 2.16. The number of imidazole rings is 1. The van der Waals surface area contributed by atoms with Gasteiger partial charge in [0.05, 0.1) is 12.7 Å². The standard InChI is InChI=1S/C14H16N3/c1-4-13-14(5-2)17(11-16(13)3)10-12-8-6-7-9-15-12/h4-9,11H,1-2,10H2,3H3/q+1. The van der Waals surface area contributed by atoms with Crippen molar-refractivity contribution in [1.82, 2.24) is 9.55 Å². The highest BCUT2D eigenvalue weighted by Crippen LogP contribution is 2.10. The van der Waals surface area contributed by atoms with E-state index in [1.54, 1.807) is 6.20 Å². The maximum atomic E-state index is 4.32. The molecule has 0 aliphatic heterocycles. The summed E-state index contributed by atoms with van der Waals surface area (Å²) in [5, 5.41) is 0. The van der Waals surface area contributed by atoms with E-state index in [0.717, 1.165) is 23.6 Å². The third kappa shape index (κ3) is 2.18. The number of aryl methyl sites for hydroxylation is 1. The van der Waals surface area contributed by atoms with Crippen LogP contribution in [0.5, 0.6) is 0 Å². The molecule has 0 aliphatic rings. The first-order valence-electron chi connectivity index (χ1n) is 5.49. The average Bonchev–Trinajstić information content (AvgIpc) is 2.65. The van der Waals surface area contributed by atoms with Gasteiger partial charge in [0.25, 0.3) is 0 Å². The lowest BCUT2D eigenvalue weighted by Crippen LogP contribution is -2.28. The van der Waals surface area contributed by atoms with Crippen LogP contribution < -0.4 is 4.57 Å². The Bertz CT molecular complexity index is 538. The molecule has 0 bridgehead atoms. The van der Waals surface area contributed by atoms with Crippen molar-refractivity contribution < 1.29 is 4.57 Å². The molecule has 0 unspecified atom stereocenters. The maximum absolute atomic E-state index is 4.32. The van der Waals surface area contributed by atoms with Crippen LogP contribution >= 0.6 is 0 Å². The molecule has 0 atom stereocenters. The van der Waals surface area contributed by atoms with E-state index in [4.69, 9.17) is 0 Å².